The summed E-state index contributed by atoms with van der Waals surface area (Å²) in [5.41, 5.74) is 2.94. The fraction of sp³-hybridized carbons (Fsp3) is 0.353. The molecule has 6 nitrogen and oxygen atoms in total. The van der Waals surface area contributed by atoms with Gasteiger partial charge >= 0.3 is 10.1 Å². The fourth-order valence-corrected chi connectivity index (χ4v) is 3.35. The molecule has 0 bridgehead atoms. The first-order valence-electron chi connectivity index (χ1n) is 7.78. The number of methoxy groups -OCH3 is 1. The smallest absolute Gasteiger partial charge is 0.312 e. The number of aromatic nitrogens is 1. The van der Waals surface area contributed by atoms with Crippen LogP contribution >= 0.6 is 0 Å². The maximum atomic E-state index is 11.2. The van der Waals surface area contributed by atoms with E-state index in [4.69, 9.17) is 9.29 Å². The van der Waals surface area contributed by atoms with Crippen LogP contribution in [0.4, 0.5) is 0 Å². The molecule has 0 aliphatic carbocycles. The summed E-state index contributed by atoms with van der Waals surface area (Å²) in [6.07, 6.45) is 2.48. The molecule has 2 N–H and O–H groups in total. The number of fused-ring (bicyclic) bond motifs is 1. The predicted octanol–water partition coefficient (Wildman–Crippen LogP) is 1.98. The van der Waals surface area contributed by atoms with Crippen LogP contribution < -0.4 is 10.1 Å². The standard InChI is InChI=1S/C17H20N2O4S/c1-23-15-7-3-12(4-8-15)2-6-14-10-16-13(11-18-14)5-9-17(19-16)24(20,21)22/h3-5,7-9,14,18H,2,6,10-11H2,1H3,(H,20,21,22). The van der Waals surface area contributed by atoms with Crippen molar-refractivity contribution in [2.45, 2.75) is 36.9 Å². The molecule has 0 spiro atoms. The van der Waals surface area contributed by atoms with Crippen LogP contribution in [0.3, 0.4) is 0 Å². The lowest BCUT2D eigenvalue weighted by atomic mass is 9.96. The van der Waals surface area contributed by atoms with Crippen LogP contribution in [0.25, 0.3) is 0 Å². The average molecular weight is 348 g/mol. The molecule has 2 heterocycles. The number of hydrogen-bond acceptors (Lipinski definition) is 5. The second-order valence-corrected chi connectivity index (χ2v) is 7.27. The Balaban J connectivity index is 1.65. The largest absolute Gasteiger partial charge is 0.497 e. The normalized spacial score (nSPS) is 17.3. The van der Waals surface area contributed by atoms with E-state index in [1.807, 2.05) is 24.3 Å². The van der Waals surface area contributed by atoms with Crippen LogP contribution in [0, 0.1) is 0 Å². The van der Waals surface area contributed by atoms with Crippen molar-refractivity contribution >= 4 is 10.1 Å². The summed E-state index contributed by atoms with van der Waals surface area (Å²) in [7, 11) is -2.61. The summed E-state index contributed by atoms with van der Waals surface area (Å²) in [6, 6.07) is 11.3. The number of aryl methyl sites for hydroxylation is 1. The second kappa shape index (κ2) is 6.88. The van der Waals surface area contributed by atoms with Crippen molar-refractivity contribution < 1.29 is 17.7 Å². The van der Waals surface area contributed by atoms with Crippen LogP contribution in [0.15, 0.2) is 41.4 Å². The van der Waals surface area contributed by atoms with Gasteiger partial charge in [-0.3, -0.25) is 4.55 Å². The molecule has 1 aliphatic rings. The molecule has 128 valence electrons. The van der Waals surface area contributed by atoms with E-state index in [0.717, 1.165) is 29.8 Å². The van der Waals surface area contributed by atoms with Gasteiger partial charge < -0.3 is 10.1 Å². The number of ether oxygens (including phenoxy) is 1. The maximum absolute atomic E-state index is 11.2. The van der Waals surface area contributed by atoms with Gasteiger partial charge in [-0.25, -0.2) is 4.98 Å². The molecule has 1 aromatic heterocycles. The van der Waals surface area contributed by atoms with Crippen LogP contribution in [0.5, 0.6) is 5.75 Å². The lowest BCUT2D eigenvalue weighted by molar-refractivity contribution is 0.414. The van der Waals surface area contributed by atoms with Crippen molar-refractivity contribution in [2.75, 3.05) is 7.11 Å². The van der Waals surface area contributed by atoms with Crippen molar-refractivity contribution in [3.63, 3.8) is 0 Å². The van der Waals surface area contributed by atoms with Crippen molar-refractivity contribution in [3.8, 4) is 5.75 Å². The second-order valence-electron chi connectivity index (χ2n) is 5.90. The molecular weight excluding hydrogens is 328 g/mol. The molecular formula is C17H20N2O4S. The van der Waals surface area contributed by atoms with Crippen molar-refractivity contribution in [3.05, 3.63) is 53.2 Å². The van der Waals surface area contributed by atoms with E-state index in [2.05, 4.69) is 10.3 Å². The lowest BCUT2D eigenvalue weighted by Gasteiger charge is -2.25. The molecule has 24 heavy (non-hydrogen) atoms. The van der Waals surface area contributed by atoms with Gasteiger partial charge in [0.05, 0.1) is 7.11 Å². The Kier molecular flexibility index (Phi) is 4.84. The van der Waals surface area contributed by atoms with E-state index in [1.165, 1.54) is 11.6 Å². The number of benzene rings is 1. The van der Waals surface area contributed by atoms with Gasteiger partial charge in [-0.2, -0.15) is 8.42 Å². The quantitative estimate of drug-likeness (QED) is 0.804. The zero-order valence-electron chi connectivity index (χ0n) is 13.4. The Labute approximate surface area is 141 Å². The lowest BCUT2D eigenvalue weighted by Crippen LogP contribution is -2.36. The van der Waals surface area contributed by atoms with Crippen molar-refractivity contribution in [1.82, 2.24) is 10.3 Å². The third kappa shape index (κ3) is 3.92. The van der Waals surface area contributed by atoms with E-state index in [1.54, 1.807) is 13.2 Å². The first-order valence-corrected chi connectivity index (χ1v) is 9.22. The number of nitrogens with one attached hydrogen (secondary N) is 1. The molecule has 0 saturated heterocycles. The number of rotatable bonds is 5. The van der Waals surface area contributed by atoms with Crippen molar-refractivity contribution in [2.24, 2.45) is 0 Å². The molecule has 3 rings (SSSR count). The number of pyridine rings is 1. The minimum atomic E-state index is -4.26. The Morgan fingerprint density at radius 3 is 2.67 bits per heavy atom. The first-order chi connectivity index (χ1) is 11.5. The SMILES string of the molecule is COc1ccc(CCC2Cc3nc(S(=O)(=O)O)ccc3CN2)cc1. The van der Waals surface area contributed by atoms with Crippen LogP contribution in [-0.4, -0.2) is 31.1 Å². The highest BCUT2D eigenvalue weighted by Crippen LogP contribution is 2.20. The highest BCUT2D eigenvalue weighted by Gasteiger charge is 2.21. The highest BCUT2D eigenvalue weighted by molar-refractivity contribution is 7.85. The summed E-state index contributed by atoms with van der Waals surface area (Å²) in [5, 5.41) is 3.17. The van der Waals surface area contributed by atoms with Gasteiger partial charge in [0.2, 0.25) is 0 Å². The van der Waals surface area contributed by atoms with Gasteiger partial charge in [-0.05, 0) is 42.2 Å². The van der Waals surface area contributed by atoms with Crippen LogP contribution in [-0.2, 0) is 29.5 Å². The summed E-state index contributed by atoms with van der Waals surface area (Å²) in [5.74, 6) is 0.838. The summed E-state index contributed by atoms with van der Waals surface area (Å²) in [4.78, 5) is 4.12. The van der Waals surface area contributed by atoms with Gasteiger partial charge in [0, 0.05) is 24.7 Å². The number of nitrogens with zero attached hydrogens (tertiary/aromatic N) is 1. The maximum Gasteiger partial charge on any atom is 0.312 e. The van der Waals surface area contributed by atoms with E-state index in [-0.39, 0.29) is 11.1 Å². The topological polar surface area (TPSA) is 88.5 Å². The molecule has 0 radical (unpaired) electrons. The van der Waals surface area contributed by atoms with Crippen molar-refractivity contribution in [1.29, 1.82) is 0 Å². The van der Waals surface area contributed by atoms with E-state index in [9.17, 15) is 8.42 Å². The fourth-order valence-electron chi connectivity index (χ4n) is 2.89. The van der Waals surface area contributed by atoms with Gasteiger partial charge in [-0.15, -0.1) is 0 Å². The Bertz CT molecular complexity index is 819. The Morgan fingerprint density at radius 2 is 2.00 bits per heavy atom. The molecule has 0 amide bonds. The van der Waals surface area contributed by atoms with E-state index >= 15 is 0 Å². The third-order valence-corrected chi connectivity index (χ3v) is 5.02. The monoisotopic (exact) mass is 348 g/mol. The van der Waals surface area contributed by atoms with Gasteiger partial charge in [0.1, 0.15) is 5.75 Å². The molecule has 1 unspecified atom stereocenters. The zero-order valence-corrected chi connectivity index (χ0v) is 14.2. The predicted molar refractivity (Wildman–Crippen MR) is 89.7 cm³/mol. The average Bonchev–Trinajstić information content (AvgIpc) is 2.59. The minimum absolute atomic E-state index is 0.226. The van der Waals surface area contributed by atoms with Crippen LogP contribution in [0.1, 0.15) is 23.2 Å². The molecule has 1 aliphatic heterocycles. The molecule has 7 heteroatoms. The minimum Gasteiger partial charge on any atom is -0.497 e. The Hall–Kier alpha value is -1.96. The third-order valence-electron chi connectivity index (χ3n) is 4.27. The Morgan fingerprint density at radius 1 is 1.25 bits per heavy atom. The molecule has 2 aromatic rings. The molecule has 1 aromatic carbocycles. The van der Waals surface area contributed by atoms with Gasteiger partial charge in [-0.1, -0.05) is 18.2 Å². The van der Waals surface area contributed by atoms with E-state index in [0.29, 0.717) is 13.0 Å². The molecule has 0 fully saturated rings. The number of hydrogen-bond donors (Lipinski definition) is 2. The van der Waals surface area contributed by atoms with Crippen LogP contribution in [0.2, 0.25) is 0 Å². The highest BCUT2D eigenvalue weighted by atomic mass is 32.2. The van der Waals surface area contributed by atoms with Gasteiger partial charge in [0.25, 0.3) is 0 Å². The van der Waals surface area contributed by atoms with Gasteiger partial charge in [0.15, 0.2) is 5.03 Å². The molecule has 1 atom stereocenters. The summed E-state index contributed by atoms with van der Waals surface area (Å²) in [6.45, 7) is 0.654. The zero-order chi connectivity index (χ0) is 17.2. The first kappa shape index (κ1) is 16.9. The summed E-state index contributed by atoms with van der Waals surface area (Å²) < 4.78 is 36.7. The van der Waals surface area contributed by atoms with E-state index < -0.39 is 10.1 Å². The molecule has 0 saturated carbocycles. The summed E-state index contributed by atoms with van der Waals surface area (Å²) >= 11 is 0.